The second-order valence-electron chi connectivity index (χ2n) is 3.78. The van der Waals surface area contributed by atoms with E-state index in [0.29, 0.717) is 21.3 Å². The summed E-state index contributed by atoms with van der Waals surface area (Å²) in [5, 5.41) is 3.67. The van der Waals surface area contributed by atoms with Crippen molar-refractivity contribution in [3.05, 3.63) is 58.1 Å². The van der Waals surface area contributed by atoms with Gasteiger partial charge in [0, 0.05) is 4.90 Å². The summed E-state index contributed by atoms with van der Waals surface area (Å²) in [6, 6.07) is 12.4. The van der Waals surface area contributed by atoms with E-state index < -0.39 is 0 Å². The van der Waals surface area contributed by atoms with Crippen molar-refractivity contribution in [3.63, 3.8) is 0 Å². The van der Waals surface area contributed by atoms with Gasteiger partial charge in [0.25, 0.3) is 5.91 Å². The van der Waals surface area contributed by atoms with Gasteiger partial charge in [0.2, 0.25) is 0 Å². The molecule has 2 aromatic carbocycles. The van der Waals surface area contributed by atoms with Gasteiger partial charge >= 0.3 is 0 Å². The largest absolute Gasteiger partial charge is 0.321 e. The third-order valence-corrected chi connectivity index (χ3v) is 3.92. The topological polar surface area (TPSA) is 29.1 Å². The van der Waals surface area contributed by atoms with Gasteiger partial charge in [-0.3, -0.25) is 4.79 Å². The van der Waals surface area contributed by atoms with Gasteiger partial charge in [0.15, 0.2) is 0 Å². The second kappa shape index (κ2) is 6.33. The van der Waals surface area contributed by atoms with Crippen molar-refractivity contribution in [1.29, 1.82) is 0 Å². The number of benzene rings is 2. The molecule has 98 valence electrons. The molecule has 0 heterocycles. The van der Waals surface area contributed by atoms with Gasteiger partial charge in [-0.1, -0.05) is 35.3 Å². The smallest absolute Gasteiger partial charge is 0.257 e. The number of hydrogen-bond acceptors (Lipinski definition) is 2. The summed E-state index contributed by atoms with van der Waals surface area (Å²) >= 11 is 13.6. The fourth-order valence-corrected chi connectivity index (χ4v) is 2.38. The number of thioether (sulfide) groups is 1. The molecule has 5 heteroatoms. The summed E-state index contributed by atoms with van der Waals surface area (Å²) < 4.78 is 0. The second-order valence-corrected chi connectivity index (χ2v) is 5.47. The van der Waals surface area contributed by atoms with Crippen LogP contribution in [0.1, 0.15) is 10.4 Å². The lowest BCUT2D eigenvalue weighted by Crippen LogP contribution is -2.12. The van der Waals surface area contributed by atoms with Crippen molar-refractivity contribution in [1.82, 2.24) is 0 Å². The molecule has 1 amide bonds. The quantitative estimate of drug-likeness (QED) is 0.811. The lowest BCUT2D eigenvalue weighted by atomic mass is 10.2. The lowest BCUT2D eigenvalue weighted by Gasteiger charge is -2.09. The monoisotopic (exact) mass is 311 g/mol. The first-order valence-electron chi connectivity index (χ1n) is 5.51. The van der Waals surface area contributed by atoms with Crippen LogP contribution in [0.5, 0.6) is 0 Å². The zero-order valence-corrected chi connectivity index (χ0v) is 12.4. The fraction of sp³-hybridized carbons (Fsp3) is 0.0714. The van der Waals surface area contributed by atoms with Gasteiger partial charge in [-0.2, -0.15) is 0 Å². The van der Waals surface area contributed by atoms with Gasteiger partial charge < -0.3 is 5.32 Å². The first kappa shape index (κ1) is 14.3. The van der Waals surface area contributed by atoms with Crippen molar-refractivity contribution >= 4 is 46.6 Å². The molecular weight excluding hydrogens is 301 g/mol. The van der Waals surface area contributed by atoms with Crippen molar-refractivity contribution in [2.24, 2.45) is 0 Å². The Morgan fingerprint density at radius 1 is 1.11 bits per heavy atom. The number of nitrogens with one attached hydrogen (secondary N) is 1. The molecule has 0 radical (unpaired) electrons. The normalized spacial score (nSPS) is 10.3. The zero-order chi connectivity index (χ0) is 13.8. The lowest BCUT2D eigenvalue weighted by molar-refractivity contribution is 0.102. The van der Waals surface area contributed by atoms with Gasteiger partial charge in [-0.25, -0.2) is 0 Å². The Hall–Kier alpha value is -1.16. The SMILES string of the molecule is CSc1ccc(Cl)c(C(=O)Nc2ccccc2Cl)c1. The highest BCUT2D eigenvalue weighted by Gasteiger charge is 2.12. The molecule has 0 bridgehead atoms. The predicted octanol–water partition coefficient (Wildman–Crippen LogP) is 4.97. The fourth-order valence-electron chi connectivity index (χ4n) is 1.56. The summed E-state index contributed by atoms with van der Waals surface area (Å²) in [5.41, 5.74) is 1.01. The van der Waals surface area contributed by atoms with Crippen LogP contribution < -0.4 is 5.32 Å². The molecule has 0 saturated carbocycles. The average Bonchev–Trinajstić information content (AvgIpc) is 2.42. The standard InChI is InChI=1S/C14H11Cl2NOS/c1-19-9-6-7-11(15)10(8-9)14(18)17-13-5-3-2-4-12(13)16/h2-8H,1H3,(H,17,18). The highest BCUT2D eigenvalue weighted by atomic mass is 35.5. The molecule has 0 aliphatic rings. The maximum absolute atomic E-state index is 12.2. The third kappa shape index (κ3) is 3.44. The highest BCUT2D eigenvalue weighted by molar-refractivity contribution is 7.98. The number of carbonyl (C=O) groups excluding carboxylic acids is 1. The van der Waals surface area contributed by atoms with E-state index in [2.05, 4.69) is 5.32 Å². The molecular formula is C14H11Cl2NOS. The Morgan fingerprint density at radius 3 is 2.53 bits per heavy atom. The van der Waals surface area contributed by atoms with Crippen LogP contribution >= 0.6 is 35.0 Å². The van der Waals surface area contributed by atoms with Crippen molar-refractivity contribution in [2.45, 2.75) is 4.90 Å². The van der Waals surface area contributed by atoms with Crippen LogP contribution in [0.3, 0.4) is 0 Å². The van der Waals surface area contributed by atoms with Crippen LogP contribution in [0.15, 0.2) is 47.4 Å². The average molecular weight is 312 g/mol. The van der Waals surface area contributed by atoms with Gasteiger partial charge in [-0.05, 0) is 36.6 Å². The number of carbonyl (C=O) groups is 1. The first-order chi connectivity index (χ1) is 9.11. The predicted molar refractivity (Wildman–Crippen MR) is 82.6 cm³/mol. The maximum Gasteiger partial charge on any atom is 0.257 e. The minimum absolute atomic E-state index is 0.269. The van der Waals surface area contributed by atoms with Crippen LogP contribution in [0.4, 0.5) is 5.69 Å². The molecule has 0 aromatic heterocycles. The van der Waals surface area contributed by atoms with E-state index in [1.165, 1.54) is 0 Å². The van der Waals surface area contributed by atoms with E-state index in [0.717, 1.165) is 4.90 Å². The Labute approximate surface area is 126 Å². The number of rotatable bonds is 3. The summed E-state index contributed by atoms with van der Waals surface area (Å²) in [5.74, 6) is -0.269. The molecule has 19 heavy (non-hydrogen) atoms. The molecule has 2 aromatic rings. The van der Waals surface area contributed by atoms with Gasteiger partial charge in [-0.15, -0.1) is 11.8 Å². The van der Waals surface area contributed by atoms with Crippen LogP contribution in [-0.2, 0) is 0 Å². The minimum atomic E-state index is -0.269. The molecule has 0 atom stereocenters. The number of para-hydroxylation sites is 1. The Kier molecular flexibility index (Phi) is 4.75. The minimum Gasteiger partial charge on any atom is -0.321 e. The number of amides is 1. The molecule has 2 rings (SSSR count). The third-order valence-electron chi connectivity index (χ3n) is 2.54. The van der Waals surface area contributed by atoms with Crippen molar-refractivity contribution in [2.75, 3.05) is 11.6 Å². The van der Waals surface area contributed by atoms with Gasteiger partial charge in [0.05, 0.1) is 21.3 Å². The van der Waals surface area contributed by atoms with E-state index in [-0.39, 0.29) is 5.91 Å². The molecule has 0 saturated heterocycles. The number of halogens is 2. The van der Waals surface area contributed by atoms with Gasteiger partial charge in [0.1, 0.15) is 0 Å². The molecule has 0 aliphatic carbocycles. The molecule has 0 spiro atoms. The van der Waals surface area contributed by atoms with Crippen LogP contribution in [0, 0.1) is 0 Å². The van der Waals surface area contributed by atoms with Crippen molar-refractivity contribution in [3.8, 4) is 0 Å². The van der Waals surface area contributed by atoms with E-state index in [9.17, 15) is 4.79 Å². The number of hydrogen-bond donors (Lipinski definition) is 1. The Bertz CT molecular complexity index is 616. The molecule has 0 aliphatic heterocycles. The summed E-state index contributed by atoms with van der Waals surface area (Å²) in [6.45, 7) is 0. The van der Waals surface area contributed by atoms with E-state index in [4.69, 9.17) is 23.2 Å². The molecule has 0 fully saturated rings. The van der Waals surface area contributed by atoms with E-state index >= 15 is 0 Å². The highest BCUT2D eigenvalue weighted by Crippen LogP contribution is 2.26. The summed E-state index contributed by atoms with van der Waals surface area (Å²) in [4.78, 5) is 13.2. The molecule has 2 nitrogen and oxygen atoms in total. The zero-order valence-electron chi connectivity index (χ0n) is 10.1. The van der Waals surface area contributed by atoms with E-state index in [1.807, 2.05) is 12.3 Å². The molecule has 0 unspecified atom stereocenters. The Morgan fingerprint density at radius 2 is 1.84 bits per heavy atom. The summed E-state index contributed by atoms with van der Waals surface area (Å²) in [7, 11) is 0. The Balaban J connectivity index is 2.28. The van der Waals surface area contributed by atoms with Crippen LogP contribution in [0.25, 0.3) is 0 Å². The van der Waals surface area contributed by atoms with Crippen molar-refractivity contribution < 1.29 is 4.79 Å². The van der Waals surface area contributed by atoms with Crippen LogP contribution in [0.2, 0.25) is 10.0 Å². The first-order valence-corrected chi connectivity index (χ1v) is 7.49. The van der Waals surface area contributed by atoms with E-state index in [1.54, 1.807) is 48.2 Å². The molecule has 1 N–H and O–H groups in total. The maximum atomic E-state index is 12.2. The van der Waals surface area contributed by atoms with Crippen LogP contribution in [-0.4, -0.2) is 12.2 Å². The summed E-state index contributed by atoms with van der Waals surface area (Å²) in [6.07, 6.45) is 1.94. The number of anilines is 1.